The number of carbonyl (C=O) groups is 4. The first-order chi connectivity index (χ1) is 23.7. The van der Waals surface area contributed by atoms with Crippen molar-refractivity contribution in [3.63, 3.8) is 0 Å². The third-order valence-electron chi connectivity index (χ3n) is 15.3. The van der Waals surface area contributed by atoms with Crippen LogP contribution in [0, 0.1) is 57.2 Å². The van der Waals surface area contributed by atoms with Crippen LogP contribution in [0.1, 0.15) is 126 Å². The molecule has 1 aromatic carbocycles. The van der Waals surface area contributed by atoms with Gasteiger partial charge in [-0.1, -0.05) is 65.3 Å². The smallest absolute Gasteiger partial charge is 0.303 e. The minimum Gasteiger partial charge on any atom is -0.465 e. The molecule has 51 heavy (non-hydrogen) atoms. The Kier molecular flexibility index (Phi) is 9.40. The van der Waals surface area contributed by atoms with Crippen molar-refractivity contribution < 1.29 is 33.4 Å². The molecule has 5 aliphatic rings. The van der Waals surface area contributed by atoms with E-state index >= 15 is 0 Å². The quantitative estimate of drug-likeness (QED) is 0.179. The minimum atomic E-state index is -0.764. The second kappa shape index (κ2) is 12.8. The lowest BCUT2D eigenvalue weighted by atomic mass is 9.33. The molecular formula is C43H61NO7. The fourth-order valence-electron chi connectivity index (χ4n) is 12.7. The average Bonchev–Trinajstić information content (AvgIpc) is 3.01. The van der Waals surface area contributed by atoms with Crippen LogP contribution in [0.25, 0.3) is 0 Å². The molecule has 0 radical (unpaired) electrons. The highest BCUT2D eigenvalue weighted by Gasteiger charge is 2.71. The Morgan fingerprint density at radius 2 is 1.51 bits per heavy atom. The summed E-state index contributed by atoms with van der Waals surface area (Å²) in [6, 6.07) is 8.12. The van der Waals surface area contributed by atoms with Gasteiger partial charge >= 0.3 is 17.9 Å². The second-order valence-electron chi connectivity index (χ2n) is 18.9. The molecule has 8 heteroatoms. The molecule has 0 heterocycles. The average molecular weight is 704 g/mol. The fraction of sp³-hybridized carbons (Fsp3) is 0.721. The third kappa shape index (κ3) is 6.04. The number of aryl methyl sites for hydroxylation is 1. The van der Waals surface area contributed by atoms with E-state index in [9.17, 15) is 19.2 Å². The molecule has 0 bridgehead atoms. The van der Waals surface area contributed by atoms with Gasteiger partial charge in [0.15, 0.2) is 0 Å². The summed E-state index contributed by atoms with van der Waals surface area (Å²) in [4.78, 5) is 51.9. The minimum absolute atomic E-state index is 0.0496. The van der Waals surface area contributed by atoms with Crippen molar-refractivity contribution in [1.82, 2.24) is 0 Å². The van der Waals surface area contributed by atoms with Crippen molar-refractivity contribution in [2.75, 3.05) is 11.9 Å². The van der Waals surface area contributed by atoms with Crippen molar-refractivity contribution in [2.45, 2.75) is 139 Å². The number of ether oxygens (including phenoxy) is 3. The number of amides is 1. The van der Waals surface area contributed by atoms with E-state index in [0.29, 0.717) is 6.42 Å². The molecule has 3 unspecified atom stereocenters. The third-order valence-corrected chi connectivity index (χ3v) is 15.3. The van der Waals surface area contributed by atoms with Gasteiger partial charge in [-0.15, -0.1) is 0 Å². The van der Waals surface area contributed by atoms with Crippen molar-refractivity contribution >= 4 is 29.5 Å². The predicted octanol–water partition coefficient (Wildman–Crippen LogP) is 8.75. The topological polar surface area (TPSA) is 108 Å². The van der Waals surface area contributed by atoms with Crippen LogP contribution in [-0.2, 0) is 33.4 Å². The number of esters is 3. The van der Waals surface area contributed by atoms with Crippen LogP contribution in [0.4, 0.5) is 5.69 Å². The van der Waals surface area contributed by atoms with Crippen molar-refractivity contribution in [3.05, 3.63) is 41.5 Å². The molecule has 0 spiro atoms. The lowest BCUT2D eigenvalue weighted by Gasteiger charge is -2.71. The molecule has 5 aliphatic carbocycles. The molecule has 0 aromatic heterocycles. The van der Waals surface area contributed by atoms with E-state index in [4.69, 9.17) is 14.2 Å². The van der Waals surface area contributed by atoms with Crippen molar-refractivity contribution in [1.29, 1.82) is 0 Å². The molecule has 10 atom stereocenters. The Labute approximate surface area is 305 Å². The van der Waals surface area contributed by atoms with Gasteiger partial charge in [-0.25, -0.2) is 0 Å². The van der Waals surface area contributed by atoms with Gasteiger partial charge in [-0.05, 0) is 122 Å². The molecule has 1 N–H and O–H groups in total. The number of hydrogen-bond acceptors (Lipinski definition) is 7. The van der Waals surface area contributed by atoms with E-state index in [1.807, 2.05) is 12.1 Å². The summed E-state index contributed by atoms with van der Waals surface area (Å²) < 4.78 is 17.8. The molecule has 0 aliphatic heterocycles. The van der Waals surface area contributed by atoms with Crippen LogP contribution in [-0.4, -0.2) is 42.6 Å². The van der Waals surface area contributed by atoms with Gasteiger partial charge in [0.2, 0.25) is 5.91 Å². The standard InChI is InChI=1S/C43H61NO7/c1-26-12-11-13-30(22-26)44-37(48)43-20-18-38(5,6)23-32(43)31-14-15-35-39(7)24-33(50-28(3)46)36(51-29(4)47)40(8,25-49-27(2)45)34(39)16-17-42(35,10)41(31,9)19-21-43/h11-14,22,32-36H,15-21,23-25H2,1-10H3,(H,44,48)/t32?,33-,34?,35?,36+,39+,40+,41-,42-,43+/m1/s1. The van der Waals surface area contributed by atoms with E-state index in [1.54, 1.807) is 0 Å². The first-order valence-electron chi connectivity index (χ1n) is 19.3. The Morgan fingerprint density at radius 1 is 0.824 bits per heavy atom. The summed E-state index contributed by atoms with van der Waals surface area (Å²) in [6.45, 7) is 20.4. The zero-order chi connectivity index (χ0) is 37.4. The Morgan fingerprint density at radius 3 is 2.16 bits per heavy atom. The summed E-state index contributed by atoms with van der Waals surface area (Å²) in [6.07, 6.45) is 9.01. The predicted molar refractivity (Wildman–Crippen MR) is 196 cm³/mol. The number of carbonyl (C=O) groups excluding carboxylic acids is 4. The van der Waals surface area contributed by atoms with E-state index < -0.39 is 35.0 Å². The number of benzene rings is 1. The lowest BCUT2D eigenvalue weighted by Crippen LogP contribution is -2.69. The summed E-state index contributed by atoms with van der Waals surface area (Å²) in [5, 5.41) is 3.37. The molecule has 8 nitrogen and oxygen atoms in total. The van der Waals surface area contributed by atoms with Crippen LogP contribution in [0.3, 0.4) is 0 Å². The maximum absolute atomic E-state index is 14.6. The van der Waals surface area contributed by atoms with Gasteiger partial charge < -0.3 is 19.5 Å². The van der Waals surface area contributed by atoms with Crippen LogP contribution in [0.5, 0.6) is 0 Å². The zero-order valence-electron chi connectivity index (χ0n) is 32.7. The largest absolute Gasteiger partial charge is 0.465 e. The van der Waals surface area contributed by atoms with Crippen LogP contribution in [0.2, 0.25) is 0 Å². The molecule has 4 saturated carbocycles. The zero-order valence-corrected chi connectivity index (χ0v) is 32.7. The van der Waals surface area contributed by atoms with Crippen LogP contribution < -0.4 is 5.32 Å². The summed E-state index contributed by atoms with van der Waals surface area (Å²) in [7, 11) is 0. The SMILES string of the molecule is CC(=O)OC[C@@]1(C)C2CC[C@]3(C)C(CC=C4C5CC(C)(C)CC[C@]5(C(=O)Nc5cccc(C)c5)CC[C@]43C)[C@@]2(C)C[C@@H](OC(C)=O)[C@@H]1OC(C)=O. The summed E-state index contributed by atoms with van der Waals surface area (Å²) >= 11 is 0. The maximum atomic E-state index is 14.6. The highest BCUT2D eigenvalue weighted by Crippen LogP contribution is 2.76. The summed E-state index contributed by atoms with van der Waals surface area (Å²) in [5.74, 6) is -0.660. The molecule has 6 rings (SSSR count). The lowest BCUT2D eigenvalue weighted by molar-refractivity contribution is -0.255. The molecule has 1 amide bonds. The van der Waals surface area contributed by atoms with Gasteiger partial charge in [-0.3, -0.25) is 19.2 Å². The van der Waals surface area contributed by atoms with Crippen molar-refractivity contribution in [2.24, 2.45) is 50.2 Å². The number of fused-ring (bicyclic) bond motifs is 7. The molecule has 1 aromatic rings. The number of hydrogen-bond donors (Lipinski definition) is 1. The van der Waals surface area contributed by atoms with Gasteiger partial charge in [0.25, 0.3) is 0 Å². The van der Waals surface area contributed by atoms with E-state index in [1.165, 1.54) is 26.3 Å². The van der Waals surface area contributed by atoms with E-state index in [0.717, 1.165) is 62.6 Å². The molecule has 0 saturated heterocycles. The Hall–Kier alpha value is -3.16. The first kappa shape index (κ1) is 37.6. The van der Waals surface area contributed by atoms with Crippen molar-refractivity contribution in [3.8, 4) is 0 Å². The highest BCUT2D eigenvalue weighted by atomic mass is 16.6. The summed E-state index contributed by atoms with van der Waals surface area (Å²) in [5.41, 5.74) is 1.82. The first-order valence-corrected chi connectivity index (χ1v) is 19.3. The maximum Gasteiger partial charge on any atom is 0.303 e. The number of allylic oxidation sites excluding steroid dienone is 2. The number of rotatable bonds is 6. The number of anilines is 1. The highest BCUT2D eigenvalue weighted by molar-refractivity contribution is 5.96. The van der Waals surface area contributed by atoms with Crippen LogP contribution in [0.15, 0.2) is 35.9 Å². The fourth-order valence-corrected chi connectivity index (χ4v) is 12.7. The molecule has 4 fully saturated rings. The molecule has 280 valence electrons. The number of nitrogens with one attached hydrogen (secondary N) is 1. The Balaban J connectivity index is 1.42. The van der Waals surface area contributed by atoms with Crippen LogP contribution >= 0.6 is 0 Å². The van der Waals surface area contributed by atoms with Gasteiger partial charge in [0.1, 0.15) is 18.8 Å². The molecular weight excluding hydrogens is 642 g/mol. The van der Waals surface area contributed by atoms with Gasteiger partial charge in [-0.2, -0.15) is 0 Å². The van der Waals surface area contributed by atoms with E-state index in [2.05, 4.69) is 72.0 Å². The second-order valence-corrected chi connectivity index (χ2v) is 18.9. The van der Waals surface area contributed by atoms with E-state index in [-0.39, 0.29) is 57.9 Å². The van der Waals surface area contributed by atoms with Gasteiger partial charge in [0, 0.05) is 31.9 Å². The monoisotopic (exact) mass is 703 g/mol. The van der Waals surface area contributed by atoms with Gasteiger partial charge in [0.05, 0.1) is 5.41 Å². The normalized spacial score (nSPS) is 40.9. The Bertz CT molecular complexity index is 1630.